The van der Waals surface area contributed by atoms with Crippen LogP contribution in [0.2, 0.25) is 0 Å². The van der Waals surface area contributed by atoms with E-state index in [1.165, 1.54) is 23.1 Å². The number of ketones is 1. The summed E-state index contributed by atoms with van der Waals surface area (Å²) >= 11 is 1.10. The molecule has 0 aliphatic carbocycles. The lowest BCUT2D eigenvalue weighted by Gasteiger charge is -2.22. The fourth-order valence-corrected chi connectivity index (χ4v) is 4.76. The highest BCUT2D eigenvalue weighted by atomic mass is 32.1. The molecule has 1 atom stereocenters. The number of pyridine rings is 1. The van der Waals surface area contributed by atoms with Crippen LogP contribution in [0.15, 0.2) is 72.6 Å². The van der Waals surface area contributed by atoms with Gasteiger partial charge in [-0.25, -0.2) is 9.37 Å². The van der Waals surface area contributed by atoms with Gasteiger partial charge in [0, 0.05) is 18.0 Å². The van der Waals surface area contributed by atoms with Gasteiger partial charge in [0.15, 0.2) is 5.13 Å². The molecule has 32 heavy (non-hydrogen) atoms. The number of amides is 1. The van der Waals surface area contributed by atoms with Crippen LogP contribution in [0.1, 0.15) is 22.7 Å². The minimum absolute atomic E-state index is 0.0442. The first-order chi connectivity index (χ1) is 15.4. The van der Waals surface area contributed by atoms with Crippen LogP contribution in [0.4, 0.5) is 9.52 Å². The Morgan fingerprint density at radius 2 is 1.91 bits per heavy atom. The molecule has 4 aromatic rings. The molecule has 5 rings (SSSR count). The molecule has 1 saturated heterocycles. The fourth-order valence-electron chi connectivity index (χ4n) is 3.74. The first-order valence-electron chi connectivity index (χ1n) is 9.78. The number of nitrogens with zero attached hydrogens (tertiary/aromatic N) is 3. The largest absolute Gasteiger partial charge is 0.507 e. The third-order valence-electron chi connectivity index (χ3n) is 5.31. The van der Waals surface area contributed by atoms with Crippen molar-refractivity contribution in [2.45, 2.75) is 13.0 Å². The molecule has 2 aromatic heterocycles. The van der Waals surface area contributed by atoms with Gasteiger partial charge in [-0.3, -0.25) is 19.5 Å². The average Bonchev–Trinajstić information content (AvgIpc) is 3.32. The molecule has 8 heteroatoms. The van der Waals surface area contributed by atoms with Gasteiger partial charge in [0.05, 0.1) is 21.8 Å². The molecule has 0 saturated carbocycles. The van der Waals surface area contributed by atoms with Gasteiger partial charge < -0.3 is 5.11 Å². The zero-order valence-electron chi connectivity index (χ0n) is 16.8. The van der Waals surface area contributed by atoms with Gasteiger partial charge in [-0.2, -0.15) is 0 Å². The number of fused-ring (bicyclic) bond motifs is 1. The second-order valence-corrected chi connectivity index (χ2v) is 8.44. The van der Waals surface area contributed by atoms with Crippen LogP contribution < -0.4 is 4.90 Å². The van der Waals surface area contributed by atoms with Crippen molar-refractivity contribution in [1.29, 1.82) is 0 Å². The zero-order chi connectivity index (χ0) is 22.4. The van der Waals surface area contributed by atoms with E-state index < -0.39 is 23.5 Å². The monoisotopic (exact) mass is 445 g/mol. The summed E-state index contributed by atoms with van der Waals surface area (Å²) in [7, 11) is 0. The molecule has 0 radical (unpaired) electrons. The number of carbonyl (C=O) groups excluding carboxylic acids is 2. The van der Waals surface area contributed by atoms with Crippen LogP contribution in [0.25, 0.3) is 16.0 Å². The summed E-state index contributed by atoms with van der Waals surface area (Å²) in [6.45, 7) is 1.91. The first kappa shape index (κ1) is 20.0. The summed E-state index contributed by atoms with van der Waals surface area (Å²) in [5, 5.41) is 11.3. The van der Waals surface area contributed by atoms with Gasteiger partial charge in [0.25, 0.3) is 5.78 Å². The van der Waals surface area contributed by atoms with Gasteiger partial charge in [-0.15, -0.1) is 0 Å². The maximum Gasteiger partial charge on any atom is 0.301 e. The molecule has 3 heterocycles. The number of aliphatic hydroxyl groups excluding tert-OH is 1. The zero-order valence-corrected chi connectivity index (χ0v) is 17.6. The number of hydrogen-bond donors (Lipinski definition) is 1. The van der Waals surface area contributed by atoms with Crippen molar-refractivity contribution < 1.29 is 19.1 Å². The average molecular weight is 445 g/mol. The minimum Gasteiger partial charge on any atom is -0.507 e. The second kappa shape index (κ2) is 7.65. The predicted molar refractivity (Wildman–Crippen MR) is 120 cm³/mol. The van der Waals surface area contributed by atoms with E-state index in [9.17, 15) is 19.1 Å². The van der Waals surface area contributed by atoms with Crippen LogP contribution in [0.5, 0.6) is 0 Å². The van der Waals surface area contributed by atoms with E-state index in [4.69, 9.17) is 0 Å². The summed E-state index contributed by atoms with van der Waals surface area (Å²) < 4.78 is 14.2. The second-order valence-electron chi connectivity index (χ2n) is 7.43. The standard InChI is InChI=1S/C24H16FN3O3S/c1-13-4-6-14(7-5-13)21(29)19-20(15-3-2-10-26-12-15)28(23(31)22(19)30)24-27-17-9-8-16(25)11-18(17)32-24/h2-12,20,29H,1H3/b21-19+. The Kier molecular flexibility index (Phi) is 4.79. The van der Waals surface area contributed by atoms with Crippen molar-refractivity contribution in [2.24, 2.45) is 0 Å². The highest BCUT2D eigenvalue weighted by Gasteiger charge is 2.48. The van der Waals surface area contributed by atoms with Gasteiger partial charge >= 0.3 is 5.91 Å². The molecule has 6 nitrogen and oxygen atoms in total. The van der Waals surface area contributed by atoms with Crippen molar-refractivity contribution in [3.05, 3.63) is 95.1 Å². The molecule has 1 N–H and O–H groups in total. The number of aromatic nitrogens is 2. The number of hydrogen-bond acceptors (Lipinski definition) is 6. The van der Waals surface area contributed by atoms with Crippen molar-refractivity contribution in [1.82, 2.24) is 9.97 Å². The Morgan fingerprint density at radius 1 is 1.12 bits per heavy atom. The van der Waals surface area contributed by atoms with Crippen LogP contribution in [0.3, 0.4) is 0 Å². The summed E-state index contributed by atoms with van der Waals surface area (Å²) in [5.41, 5.74) is 2.43. The van der Waals surface area contributed by atoms with Crippen LogP contribution in [-0.4, -0.2) is 26.8 Å². The van der Waals surface area contributed by atoms with Gasteiger partial charge in [-0.1, -0.05) is 47.2 Å². The molecular weight excluding hydrogens is 429 g/mol. The minimum atomic E-state index is -0.921. The smallest absolute Gasteiger partial charge is 0.301 e. The Morgan fingerprint density at radius 3 is 2.62 bits per heavy atom. The van der Waals surface area contributed by atoms with E-state index in [-0.39, 0.29) is 16.5 Å². The Balaban J connectivity index is 1.72. The summed E-state index contributed by atoms with van der Waals surface area (Å²) in [5.74, 6) is -2.32. The molecule has 1 aliphatic rings. The predicted octanol–water partition coefficient (Wildman–Crippen LogP) is 4.77. The SMILES string of the molecule is Cc1ccc(/C(O)=C2\C(=O)C(=O)N(c3nc4ccc(F)cc4s3)C2c2cccnc2)cc1. The van der Waals surface area contributed by atoms with Crippen LogP contribution in [-0.2, 0) is 9.59 Å². The summed E-state index contributed by atoms with van der Waals surface area (Å²) in [6, 6.07) is 13.6. The van der Waals surface area contributed by atoms with Crippen molar-refractivity contribution in [3.63, 3.8) is 0 Å². The number of aryl methyl sites for hydroxylation is 1. The summed E-state index contributed by atoms with van der Waals surface area (Å²) in [6.07, 6.45) is 3.12. The van der Waals surface area contributed by atoms with Gasteiger partial charge in [0.1, 0.15) is 11.6 Å². The molecule has 0 spiro atoms. The molecule has 1 unspecified atom stereocenters. The van der Waals surface area contributed by atoms with Crippen LogP contribution in [0, 0.1) is 12.7 Å². The third kappa shape index (κ3) is 3.25. The van der Waals surface area contributed by atoms with Gasteiger partial charge in [0.2, 0.25) is 0 Å². The number of aliphatic hydroxyl groups is 1. The highest BCUT2D eigenvalue weighted by Crippen LogP contribution is 2.44. The number of anilines is 1. The fraction of sp³-hybridized carbons (Fsp3) is 0.0833. The van der Waals surface area contributed by atoms with E-state index >= 15 is 0 Å². The van der Waals surface area contributed by atoms with Crippen LogP contribution >= 0.6 is 11.3 Å². The molecule has 0 bridgehead atoms. The molecule has 1 amide bonds. The van der Waals surface area contributed by atoms with E-state index in [1.807, 2.05) is 19.1 Å². The lowest BCUT2D eigenvalue weighted by Crippen LogP contribution is -2.29. The molecule has 2 aromatic carbocycles. The van der Waals surface area contributed by atoms with E-state index in [0.29, 0.717) is 21.3 Å². The third-order valence-corrected chi connectivity index (χ3v) is 6.33. The van der Waals surface area contributed by atoms with E-state index in [1.54, 1.807) is 36.7 Å². The van der Waals surface area contributed by atoms with Crippen molar-refractivity contribution >= 4 is 44.1 Å². The lowest BCUT2D eigenvalue weighted by atomic mass is 9.96. The maximum absolute atomic E-state index is 13.7. The topological polar surface area (TPSA) is 83.4 Å². The van der Waals surface area contributed by atoms with Crippen molar-refractivity contribution in [2.75, 3.05) is 4.90 Å². The molecular formula is C24H16FN3O3S. The number of Topliss-reactive ketones (excluding diaryl/α,β-unsaturated/α-hetero) is 1. The molecule has 1 aliphatic heterocycles. The quantitative estimate of drug-likeness (QED) is 0.279. The maximum atomic E-state index is 13.7. The number of thiazole rings is 1. The number of halogens is 1. The Labute approximate surface area is 186 Å². The Hall–Kier alpha value is -3.91. The molecule has 158 valence electrons. The summed E-state index contributed by atoms with van der Waals surface area (Å²) in [4.78, 5) is 36.1. The molecule has 1 fully saturated rings. The van der Waals surface area contributed by atoms with Crippen molar-refractivity contribution in [3.8, 4) is 0 Å². The highest BCUT2D eigenvalue weighted by molar-refractivity contribution is 7.22. The van der Waals surface area contributed by atoms with E-state index in [2.05, 4.69) is 9.97 Å². The first-order valence-corrected chi connectivity index (χ1v) is 10.6. The number of rotatable bonds is 3. The number of carbonyl (C=O) groups is 2. The number of benzene rings is 2. The normalized spacial score (nSPS) is 17.9. The van der Waals surface area contributed by atoms with Gasteiger partial charge in [-0.05, 0) is 36.8 Å². The van der Waals surface area contributed by atoms with E-state index in [0.717, 1.165) is 16.9 Å². The lowest BCUT2D eigenvalue weighted by molar-refractivity contribution is -0.132. The Bertz CT molecular complexity index is 1400.